The number of benzene rings is 1. The average Bonchev–Trinajstić information content (AvgIpc) is 3.61. The minimum Gasteiger partial charge on any atom is -0.358 e. The quantitative estimate of drug-likeness (QED) is 0.212. The first-order valence-corrected chi connectivity index (χ1v) is 13.1. The molecule has 188 valence electrons. The van der Waals surface area contributed by atoms with Crippen LogP contribution in [0.15, 0.2) is 67.3 Å². The maximum Gasteiger partial charge on any atom is 0.176 e. The number of allylic oxidation sites excluding steroid dienone is 1. The Labute approximate surface area is 219 Å². The fourth-order valence-electron chi connectivity index (χ4n) is 4.83. The van der Waals surface area contributed by atoms with Crippen LogP contribution in [0.1, 0.15) is 19.3 Å². The molecule has 0 amide bonds. The highest BCUT2D eigenvalue weighted by Crippen LogP contribution is 2.37. The normalized spacial score (nSPS) is 13.7. The predicted molar refractivity (Wildman–Crippen MR) is 146 cm³/mol. The maximum absolute atomic E-state index is 16.1. The second-order valence-corrected chi connectivity index (χ2v) is 10.4. The lowest BCUT2D eigenvalue weighted by molar-refractivity contribution is 0.371. The van der Waals surface area contributed by atoms with Gasteiger partial charge in [-0.25, -0.2) is 9.37 Å². The Hall–Kier alpha value is -4.44. The van der Waals surface area contributed by atoms with E-state index in [-0.39, 0.29) is 16.2 Å². The van der Waals surface area contributed by atoms with Crippen molar-refractivity contribution in [2.45, 2.75) is 19.3 Å². The number of aromatic nitrogens is 6. The molecule has 1 fully saturated rings. The zero-order chi connectivity index (χ0) is 25.8. The summed E-state index contributed by atoms with van der Waals surface area (Å²) in [5, 5.41) is 10.5. The molecule has 0 aliphatic heterocycles. The van der Waals surface area contributed by atoms with Gasteiger partial charge in [-0.3, -0.25) is 15.1 Å². The van der Waals surface area contributed by atoms with Crippen LogP contribution in [0.4, 0.5) is 14.5 Å². The molecule has 1 aliphatic rings. The van der Waals surface area contributed by atoms with Gasteiger partial charge in [0.25, 0.3) is 0 Å². The van der Waals surface area contributed by atoms with E-state index in [0.717, 1.165) is 51.5 Å². The van der Waals surface area contributed by atoms with Crippen molar-refractivity contribution in [2.24, 2.45) is 5.92 Å². The largest absolute Gasteiger partial charge is 0.358 e. The van der Waals surface area contributed by atoms with Gasteiger partial charge in [-0.15, -0.1) is 11.3 Å². The van der Waals surface area contributed by atoms with E-state index < -0.39 is 5.82 Å². The maximum atomic E-state index is 16.1. The molecule has 1 aromatic carbocycles. The molecule has 0 saturated heterocycles. The second-order valence-electron chi connectivity index (χ2n) is 9.41. The molecule has 7 rings (SSSR count). The number of nitrogens with one attached hydrogen (secondary N) is 3. The topological polar surface area (TPSA) is 95.2 Å². The summed E-state index contributed by atoms with van der Waals surface area (Å²) in [5.74, 6) is 0.336. The number of aromatic amines is 2. The molecule has 3 N–H and O–H groups in total. The molecular weight excluding hydrogens is 504 g/mol. The molecule has 0 radical (unpaired) electrons. The van der Waals surface area contributed by atoms with E-state index in [2.05, 4.69) is 37.0 Å². The number of hydrogen-bond donors (Lipinski definition) is 3. The van der Waals surface area contributed by atoms with Crippen LogP contribution < -0.4 is 5.32 Å². The number of halogens is 2. The number of nitrogens with zero attached hydrogens (tertiary/aromatic N) is 4. The Balaban J connectivity index is 1.30. The van der Waals surface area contributed by atoms with E-state index in [1.54, 1.807) is 24.7 Å². The van der Waals surface area contributed by atoms with Gasteiger partial charge in [0.2, 0.25) is 0 Å². The number of anilines is 1. The Kier molecular flexibility index (Phi) is 5.29. The lowest BCUT2D eigenvalue weighted by Gasteiger charge is -2.28. The van der Waals surface area contributed by atoms with Crippen molar-refractivity contribution in [3.05, 3.63) is 78.2 Å². The highest BCUT2D eigenvalue weighted by atomic mass is 32.1. The van der Waals surface area contributed by atoms with Gasteiger partial charge < -0.3 is 10.3 Å². The van der Waals surface area contributed by atoms with Crippen molar-refractivity contribution in [3.8, 4) is 33.2 Å². The van der Waals surface area contributed by atoms with E-state index in [9.17, 15) is 4.39 Å². The zero-order valence-corrected chi connectivity index (χ0v) is 20.9. The summed E-state index contributed by atoms with van der Waals surface area (Å²) < 4.78 is 29.7. The van der Waals surface area contributed by atoms with Gasteiger partial charge in [0.1, 0.15) is 11.4 Å². The van der Waals surface area contributed by atoms with Crippen molar-refractivity contribution in [2.75, 3.05) is 5.32 Å². The number of thiophene rings is 1. The number of para-hydroxylation sites is 1. The number of fused-ring (bicyclic) bond motifs is 2. The molecule has 0 bridgehead atoms. The van der Waals surface area contributed by atoms with Crippen molar-refractivity contribution in [3.63, 3.8) is 0 Å². The van der Waals surface area contributed by atoms with Gasteiger partial charge >= 0.3 is 0 Å². The second kappa shape index (κ2) is 8.84. The van der Waals surface area contributed by atoms with Gasteiger partial charge in [0.15, 0.2) is 16.8 Å². The first kappa shape index (κ1) is 22.7. The van der Waals surface area contributed by atoms with Gasteiger partial charge in [-0.2, -0.15) is 9.49 Å². The van der Waals surface area contributed by atoms with Gasteiger partial charge in [0, 0.05) is 27.9 Å². The first-order valence-electron chi connectivity index (χ1n) is 12.2. The standard InChI is InChI=1S/C28H21F2N7S/c1-14(15-4-2-5-15)33-17-10-16(11-31-12-17)25-24(30)23-20(13-32-25)36-37-27(23)28-34-19-7-3-6-18(26(19)35-28)21-8-9-22(29)38-21/h3,6-13,15,33H,1-2,4-5H2,(H,34,35)(H,36,37). The minimum atomic E-state index is -0.524. The lowest BCUT2D eigenvalue weighted by atomic mass is 9.83. The van der Waals surface area contributed by atoms with Crippen LogP contribution in [0.3, 0.4) is 0 Å². The molecule has 10 heteroatoms. The first-order chi connectivity index (χ1) is 18.5. The SMILES string of the molecule is C=C(Nc1cncc(-c2ncc3[nH]nc(-c4nc5c(-c6ccc(F)s6)cccc5[nH]4)c3c2F)c1)C1CCC1. The van der Waals surface area contributed by atoms with Crippen LogP contribution in [-0.2, 0) is 0 Å². The van der Waals surface area contributed by atoms with Crippen LogP contribution in [-0.4, -0.2) is 30.1 Å². The van der Waals surface area contributed by atoms with Crippen molar-refractivity contribution < 1.29 is 8.78 Å². The molecule has 0 unspecified atom stereocenters. The van der Waals surface area contributed by atoms with Crippen molar-refractivity contribution in [1.29, 1.82) is 0 Å². The number of imidazole rings is 1. The summed E-state index contributed by atoms with van der Waals surface area (Å²) >= 11 is 1.05. The molecule has 5 heterocycles. The molecule has 0 atom stereocenters. The fraction of sp³-hybridized carbons (Fsp3) is 0.143. The minimum absolute atomic E-state index is 0.163. The predicted octanol–water partition coefficient (Wildman–Crippen LogP) is 7.30. The molecule has 6 aromatic rings. The van der Waals surface area contributed by atoms with Crippen molar-refractivity contribution in [1.82, 2.24) is 30.1 Å². The van der Waals surface area contributed by atoms with E-state index in [1.807, 2.05) is 24.3 Å². The highest BCUT2D eigenvalue weighted by molar-refractivity contribution is 7.14. The molecular formula is C28H21F2N7S. The Morgan fingerprint density at radius 1 is 1.05 bits per heavy atom. The average molecular weight is 526 g/mol. The Morgan fingerprint density at radius 3 is 2.74 bits per heavy atom. The number of rotatable bonds is 6. The van der Waals surface area contributed by atoms with Crippen LogP contribution >= 0.6 is 11.3 Å². The molecule has 7 nitrogen and oxygen atoms in total. The summed E-state index contributed by atoms with van der Waals surface area (Å²) in [7, 11) is 0. The summed E-state index contributed by atoms with van der Waals surface area (Å²) in [6.45, 7) is 4.15. The summed E-state index contributed by atoms with van der Waals surface area (Å²) in [6, 6.07) is 10.6. The Morgan fingerprint density at radius 2 is 1.95 bits per heavy atom. The van der Waals surface area contributed by atoms with Gasteiger partial charge in [-0.05, 0) is 43.0 Å². The highest BCUT2D eigenvalue weighted by Gasteiger charge is 2.23. The number of pyridine rings is 2. The molecule has 1 saturated carbocycles. The third-order valence-corrected chi connectivity index (χ3v) is 7.94. The monoisotopic (exact) mass is 525 g/mol. The summed E-state index contributed by atoms with van der Waals surface area (Å²) in [6.07, 6.45) is 8.30. The molecule has 1 aliphatic carbocycles. The van der Waals surface area contributed by atoms with Crippen LogP contribution in [0.25, 0.3) is 55.2 Å². The van der Waals surface area contributed by atoms with Crippen molar-refractivity contribution >= 4 is 39.0 Å². The number of hydrogen-bond acceptors (Lipinski definition) is 6. The third kappa shape index (κ3) is 3.76. The van der Waals surface area contributed by atoms with Crippen LogP contribution in [0.2, 0.25) is 0 Å². The van der Waals surface area contributed by atoms with E-state index >= 15 is 4.39 Å². The summed E-state index contributed by atoms with van der Waals surface area (Å²) in [5.41, 5.74) is 5.36. The third-order valence-electron chi connectivity index (χ3n) is 7.03. The smallest absolute Gasteiger partial charge is 0.176 e. The van der Waals surface area contributed by atoms with E-state index in [4.69, 9.17) is 4.98 Å². The van der Waals surface area contributed by atoms with Gasteiger partial charge in [-0.1, -0.05) is 25.1 Å². The summed E-state index contributed by atoms with van der Waals surface area (Å²) in [4.78, 5) is 17.4. The molecule has 38 heavy (non-hydrogen) atoms. The number of H-pyrrole nitrogens is 2. The Bertz CT molecular complexity index is 1850. The van der Waals surface area contributed by atoms with E-state index in [1.165, 1.54) is 12.5 Å². The van der Waals surface area contributed by atoms with E-state index in [0.29, 0.717) is 34.0 Å². The van der Waals surface area contributed by atoms with Crippen LogP contribution in [0, 0.1) is 16.9 Å². The molecule has 0 spiro atoms. The zero-order valence-electron chi connectivity index (χ0n) is 20.1. The van der Waals surface area contributed by atoms with Crippen LogP contribution in [0.5, 0.6) is 0 Å². The fourth-order valence-corrected chi connectivity index (χ4v) is 5.59. The lowest BCUT2D eigenvalue weighted by Crippen LogP contribution is -2.18. The van der Waals surface area contributed by atoms with Gasteiger partial charge in [0.05, 0.1) is 40.0 Å². The molecule has 5 aromatic heterocycles.